The number of thioether (sulfide) groups is 1. The molecule has 6 nitrogen and oxygen atoms in total. The summed E-state index contributed by atoms with van der Waals surface area (Å²) in [5.74, 6) is 1.33. The number of aromatic nitrogens is 3. The van der Waals surface area contributed by atoms with Gasteiger partial charge in [0.05, 0.1) is 10.8 Å². The molecule has 0 saturated heterocycles. The second-order valence-corrected chi connectivity index (χ2v) is 9.00. The molecule has 0 spiro atoms. The zero-order chi connectivity index (χ0) is 23.3. The largest absolute Gasteiger partial charge is 0.481 e. The SMILES string of the molecule is C=CCn1c(SCC(=O)Nc2cc(C)cc(C)c2)nnc1C(C)Oc1cc(C)ccc1Cl. The van der Waals surface area contributed by atoms with Crippen molar-refractivity contribution in [2.24, 2.45) is 0 Å². The number of hydrogen-bond donors (Lipinski definition) is 1. The summed E-state index contributed by atoms with van der Waals surface area (Å²) in [6.45, 7) is 12.2. The van der Waals surface area contributed by atoms with Crippen LogP contribution in [0.3, 0.4) is 0 Å². The van der Waals surface area contributed by atoms with Crippen LogP contribution in [0.2, 0.25) is 5.02 Å². The van der Waals surface area contributed by atoms with Crippen molar-refractivity contribution in [1.29, 1.82) is 0 Å². The molecule has 0 aliphatic rings. The lowest BCUT2D eigenvalue weighted by Crippen LogP contribution is -2.15. The fourth-order valence-corrected chi connectivity index (χ4v) is 4.24. The smallest absolute Gasteiger partial charge is 0.234 e. The summed E-state index contributed by atoms with van der Waals surface area (Å²) < 4.78 is 7.96. The van der Waals surface area contributed by atoms with E-state index in [4.69, 9.17) is 16.3 Å². The van der Waals surface area contributed by atoms with Crippen LogP contribution < -0.4 is 10.1 Å². The van der Waals surface area contributed by atoms with Crippen LogP contribution in [0.1, 0.15) is 35.5 Å². The van der Waals surface area contributed by atoms with Crippen molar-refractivity contribution in [3.05, 3.63) is 76.6 Å². The molecule has 0 aliphatic carbocycles. The Morgan fingerprint density at radius 3 is 2.59 bits per heavy atom. The number of aryl methyl sites for hydroxylation is 3. The number of anilines is 1. The molecule has 3 aromatic rings. The zero-order valence-electron chi connectivity index (χ0n) is 18.7. The lowest BCUT2D eigenvalue weighted by molar-refractivity contribution is -0.113. The average molecular weight is 471 g/mol. The lowest BCUT2D eigenvalue weighted by atomic mass is 10.1. The third kappa shape index (κ3) is 6.14. The van der Waals surface area contributed by atoms with Gasteiger partial charge in [-0.2, -0.15) is 0 Å². The van der Waals surface area contributed by atoms with Crippen molar-refractivity contribution in [2.75, 3.05) is 11.1 Å². The number of rotatable bonds is 9. The van der Waals surface area contributed by atoms with E-state index in [1.807, 2.05) is 62.6 Å². The Kier molecular flexibility index (Phi) is 7.99. The summed E-state index contributed by atoms with van der Waals surface area (Å²) in [6, 6.07) is 11.6. The van der Waals surface area contributed by atoms with Gasteiger partial charge in [-0.1, -0.05) is 41.6 Å². The van der Waals surface area contributed by atoms with E-state index in [1.54, 1.807) is 6.08 Å². The summed E-state index contributed by atoms with van der Waals surface area (Å²) >= 11 is 7.59. The number of ether oxygens (including phenoxy) is 1. The minimum absolute atomic E-state index is 0.106. The van der Waals surface area contributed by atoms with Gasteiger partial charge in [-0.3, -0.25) is 9.36 Å². The first kappa shape index (κ1) is 23.9. The molecule has 0 saturated carbocycles. The summed E-state index contributed by atoms with van der Waals surface area (Å²) in [4.78, 5) is 12.5. The standard InChI is InChI=1S/C24H27ClN4O2S/c1-6-9-29-23(18(5)31-21-13-15(2)7-8-20(21)25)27-28-24(29)32-14-22(30)26-19-11-16(3)10-17(4)12-19/h6-8,10-13,18H,1,9,14H2,2-5H3,(H,26,30). The number of nitrogens with one attached hydrogen (secondary N) is 1. The Morgan fingerprint density at radius 1 is 1.19 bits per heavy atom. The Balaban J connectivity index is 1.70. The van der Waals surface area contributed by atoms with Gasteiger partial charge in [-0.25, -0.2) is 0 Å². The number of amides is 1. The van der Waals surface area contributed by atoms with Crippen molar-refractivity contribution in [1.82, 2.24) is 14.8 Å². The molecule has 1 unspecified atom stereocenters. The number of hydrogen-bond acceptors (Lipinski definition) is 5. The maximum absolute atomic E-state index is 12.5. The van der Waals surface area contributed by atoms with E-state index in [1.165, 1.54) is 11.8 Å². The minimum Gasteiger partial charge on any atom is -0.481 e. The maximum atomic E-state index is 12.5. The van der Waals surface area contributed by atoms with E-state index in [-0.39, 0.29) is 17.8 Å². The van der Waals surface area contributed by atoms with E-state index in [0.29, 0.717) is 28.3 Å². The summed E-state index contributed by atoms with van der Waals surface area (Å²) in [6.07, 6.45) is 1.37. The van der Waals surface area contributed by atoms with Crippen molar-refractivity contribution in [3.63, 3.8) is 0 Å². The highest BCUT2D eigenvalue weighted by Gasteiger charge is 2.20. The summed E-state index contributed by atoms with van der Waals surface area (Å²) in [7, 11) is 0. The summed E-state index contributed by atoms with van der Waals surface area (Å²) in [5, 5.41) is 12.7. The molecule has 0 radical (unpaired) electrons. The molecule has 1 aromatic heterocycles. The number of nitrogens with zero attached hydrogens (tertiary/aromatic N) is 3. The van der Waals surface area contributed by atoms with E-state index in [9.17, 15) is 4.79 Å². The van der Waals surface area contributed by atoms with Crippen LogP contribution >= 0.6 is 23.4 Å². The highest BCUT2D eigenvalue weighted by atomic mass is 35.5. The Bertz CT molecular complexity index is 1110. The van der Waals surface area contributed by atoms with Gasteiger partial charge < -0.3 is 10.1 Å². The van der Waals surface area contributed by atoms with Crippen LogP contribution in [0.5, 0.6) is 5.75 Å². The van der Waals surface area contributed by atoms with Crippen molar-refractivity contribution in [2.45, 2.75) is 45.5 Å². The number of carbonyl (C=O) groups excluding carboxylic acids is 1. The van der Waals surface area contributed by atoms with E-state index >= 15 is 0 Å². The second-order valence-electron chi connectivity index (χ2n) is 7.65. The molecule has 3 rings (SSSR count). The number of allylic oxidation sites excluding steroid dienone is 1. The van der Waals surface area contributed by atoms with Gasteiger partial charge in [0.1, 0.15) is 5.75 Å². The number of benzene rings is 2. The normalized spacial score (nSPS) is 11.8. The molecular weight excluding hydrogens is 444 g/mol. The van der Waals surface area contributed by atoms with Crippen LogP contribution in [0.4, 0.5) is 5.69 Å². The monoisotopic (exact) mass is 470 g/mol. The third-order valence-corrected chi connectivity index (χ3v) is 5.93. The minimum atomic E-state index is -0.389. The molecule has 2 aromatic carbocycles. The van der Waals surface area contributed by atoms with Gasteiger partial charge in [0.2, 0.25) is 5.91 Å². The van der Waals surface area contributed by atoms with Gasteiger partial charge in [-0.05, 0) is 68.7 Å². The Morgan fingerprint density at radius 2 is 1.91 bits per heavy atom. The number of halogens is 1. The lowest BCUT2D eigenvalue weighted by Gasteiger charge is -2.17. The van der Waals surface area contributed by atoms with Gasteiger partial charge >= 0.3 is 0 Å². The fraction of sp³-hybridized carbons (Fsp3) is 0.292. The van der Waals surface area contributed by atoms with Crippen molar-refractivity contribution < 1.29 is 9.53 Å². The van der Waals surface area contributed by atoms with Gasteiger partial charge in [-0.15, -0.1) is 16.8 Å². The molecule has 0 fully saturated rings. The van der Waals surface area contributed by atoms with E-state index in [2.05, 4.69) is 28.2 Å². The molecule has 8 heteroatoms. The molecule has 1 N–H and O–H groups in total. The first-order valence-corrected chi connectivity index (χ1v) is 11.6. The fourth-order valence-electron chi connectivity index (χ4n) is 3.33. The van der Waals surface area contributed by atoms with Gasteiger partial charge in [0.25, 0.3) is 0 Å². The van der Waals surface area contributed by atoms with E-state index < -0.39 is 0 Å². The summed E-state index contributed by atoms with van der Waals surface area (Å²) in [5.41, 5.74) is 4.05. The third-order valence-electron chi connectivity index (χ3n) is 4.65. The predicted molar refractivity (Wildman–Crippen MR) is 131 cm³/mol. The molecule has 1 amide bonds. The predicted octanol–water partition coefficient (Wildman–Crippen LogP) is 5.91. The second kappa shape index (κ2) is 10.7. The zero-order valence-corrected chi connectivity index (χ0v) is 20.3. The van der Waals surface area contributed by atoms with Crippen LogP contribution in [-0.4, -0.2) is 26.4 Å². The molecule has 32 heavy (non-hydrogen) atoms. The van der Waals surface area contributed by atoms with Crippen molar-refractivity contribution >= 4 is 35.0 Å². The Hall–Kier alpha value is -2.77. The van der Waals surface area contributed by atoms with Crippen LogP contribution in [0.15, 0.2) is 54.2 Å². The number of carbonyl (C=O) groups is 1. The molecular formula is C24H27ClN4O2S. The molecule has 168 valence electrons. The van der Waals surface area contributed by atoms with Crippen LogP contribution in [0.25, 0.3) is 0 Å². The van der Waals surface area contributed by atoms with Crippen LogP contribution in [-0.2, 0) is 11.3 Å². The average Bonchev–Trinajstić information content (AvgIpc) is 3.11. The van der Waals surface area contributed by atoms with Gasteiger partial charge in [0.15, 0.2) is 17.1 Å². The topological polar surface area (TPSA) is 69.0 Å². The molecule has 1 heterocycles. The molecule has 1 atom stereocenters. The highest BCUT2D eigenvalue weighted by Crippen LogP contribution is 2.30. The first-order valence-electron chi connectivity index (χ1n) is 10.2. The quantitative estimate of drug-likeness (QED) is 0.311. The highest BCUT2D eigenvalue weighted by molar-refractivity contribution is 7.99. The van der Waals surface area contributed by atoms with Crippen molar-refractivity contribution in [3.8, 4) is 5.75 Å². The Labute approximate surface area is 198 Å². The molecule has 0 bridgehead atoms. The van der Waals surface area contributed by atoms with E-state index in [0.717, 1.165) is 22.4 Å². The van der Waals surface area contributed by atoms with Gasteiger partial charge in [0, 0.05) is 12.2 Å². The molecule has 0 aliphatic heterocycles. The first-order chi connectivity index (χ1) is 15.3. The van der Waals surface area contributed by atoms with Crippen LogP contribution in [0, 0.1) is 20.8 Å². The maximum Gasteiger partial charge on any atom is 0.234 e.